The van der Waals surface area contributed by atoms with Crippen molar-refractivity contribution in [3.8, 4) is 5.75 Å². The zero-order valence-electron chi connectivity index (χ0n) is 16.2. The quantitative estimate of drug-likeness (QED) is 0.404. The van der Waals surface area contributed by atoms with E-state index in [2.05, 4.69) is 0 Å². The molecule has 29 heavy (non-hydrogen) atoms. The van der Waals surface area contributed by atoms with Crippen LogP contribution in [0.4, 0.5) is 11.4 Å². The topological polar surface area (TPSA) is 99.0 Å². The molecule has 1 aliphatic rings. The zero-order valence-corrected chi connectivity index (χ0v) is 16.2. The van der Waals surface area contributed by atoms with Crippen molar-refractivity contribution in [3.05, 3.63) is 64.2 Å². The van der Waals surface area contributed by atoms with Crippen molar-refractivity contribution in [1.29, 1.82) is 0 Å². The minimum absolute atomic E-state index is 0.147. The van der Waals surface area contributed by atoms with Gasteiger partial charge in [-0.05, 0) is 17.5 Å². The first-order valence-corrected chi connectivity index (χ1v) is 9.33. The molecule has 1 heterocycles. The summed E-state index contributed by atoms with van der Waals surface area (Å²) in [6.07, 6.45) is -0.261. The molecule has 0 saturated heterocycles. The Morgan fingerprint density at radius 3 is 2.62 bits per heavy atom. The van der Waals surface area contributed by atoms with E-state index in [0.29, 0.717) is 12.1 Å². The Kier molecular flexibility index (Phi) is 6.11. The number of benzene rings is 2. The maximum absolute atomic E-state index is 12.8. The molecule has 1 unspecified atom stereocenters. The summed E-state index contributed by atoms with van der Waals surface area (Å²) in [7, 11) is 0. The largest absolute Gasteiger partial charge is 0.478 e. The SMILES string of the molecule is CC(C)C1Oc2cc([N+](=O)[O-])ccc2N(CC(=O)OCCc2ccccc2)C1=O. The van der Waals surface area contributed by atoms with Crippen molar-refractivity contribution < 1.29 is 24.0 Å². The normalized spacial score (nSPS) is 15.6. The fourth-order valence-electron chi connectivity index (χ4n) is 3.08. The average molecular weight is 398 g/mol. The van der Waals surface area contributed by atoms with Gasteiger partial charge in [-0.15, -0.1) is 0 Å². The Morgan fingerprint density at radius 2 is 1.97 bits per heavy atom. The first-order chi connectivity index (χ1) is 13.9. The van der Waals surface area contributed by atoms with Crippen molar-refractivity contribution >= 4 is 23.3 Å². The zero-order chi connectivity index (χ0) is 21.0. The summed E-state index contributed by atoms with van der Waals surface area (Å²) >= 11 is 0. The molecule has 0 aromatic heterocycles. The second kappa shape index (κ2) is 8.72. The van der Waals surface area contributed by atoms with Gasteiger partial charge in [0.05, 0.1) is 23.3 Å². The molecule has 3 rings (SSSR count). The maximum atomic E-state index is 12.8. The van der Waals surface area contributed by atoms with Crippen LogP contribution in [0.2, 0.25) is 0 Å². The van der Waals surface area contributed by atoms with Crippen LogP contribution in [-0.4, -0.2) is 36.1 Å². The molecule has 2 aromatic carbocycles. The highest BCUT2D eigenvalue weighted by Gasteiger charge is 2.38. The Balaban J connectivity index is 1.73. The lowest BCUT2D eigenvalue weighted by Crippen LogP contribution is -2.50. The van der Waals surface area contributed by atoms with Crippen LogP contribution in [-0.2, 0) is 20.7 Å². The monoisotopic (exact) mass is 398 g/mol. The van der Waals surface area contributed by atoms with Crippen LogP contribution in [0, 0.1) is 16.0 Å². The number of carbonyl (C=O) groups excluding carboxylic acids is 2. The van der Waals surface area contributed by atoms with Crippen LogP contribution in [0.5, 0.6) is 5.75 Å². The van der Waals surface area contributed by atoms with Gasteiger partial charge in [0.2, 0.25) is 0 Å². The van der Waals surface area contributed by atoms with Gasteiger partial charge in [-0.25, -0.2) is 0 Å². The number of ether oxygens (including phenoxy) is 2. The molecule has 0 bridgehead atoms. The summed E-state index contributed by atoms with van der Waals surface area (Å²) < 4.78 is 11.0. The lowest BCUT2D eigenvalue weighted by Gasteiger charge is -2.35. The molecule has 2 aromatic rings. The Bertz CT molecular complexity index is 913. The first-order valence-electron chi connectivity index (χ1n) is 9.33. The average Bonchev–Trinajstić information content (AvgIpc) is 2.70. The maximum Gasteiger partial charge on any atom is 0.326 e. The summed E-state index contributed by atoms with van der Waals surface area (Å²) in [6.45, 7) is 3.52. The van der Waals surface area contributed by atoms with E-state index >= 15 is 0 Å². The van der Waals surface area contributed by atoms with E-state index in [1.54, 1.807) is 13.8 Å². The Labute approximate surface area is 168 Å². The number of nitro benzene ring substituents is 1. The Hall–Kier alpha value is -3.42. The van der Waals surface area contributed by atoms with Gasteiger partial charge >= 0.3 is 5.97 Å². The second-order valence-corrected chi connectivity index (χ2v) is 7.07. The van der Waals surface area contributed by atoms with Crippen molar-refractivity contribution in [2.24, 2.45) is 5.92 Å². The van der Waals surface area contributed by atoms with Gasteiger partial charge < -0.3 is 9.47 Å². The number of anilines is 1. The lowest BCUT2D eigenvalue weighted by molar-refractivity contribution is -0.384. The highest BCUT2D eigenvalue weighted by molar-refractivity contribution is 6.03. The highest BCUT2D eigenvalue weighted by Crippen LogP contribution is 2.38. The number of hydrogen-bond acceptors (Lipinski definition) is 6. The van der Waals surface area contributed by atoms with E-state index in [1.165, 1.54) is 23.1 Å². The number of hydrogen-bond donors (Lipinski definition) is 0. The Morgan fingerprint density at radius 1 is 1.24 bits per heavy atom. The molecule has 1 atom stereocenters. The van der Waals surface area contributed by atoms with Crippen molar-refractivity contribution in [3.63, 3.8) is 0 Å². The summed E-state index contributed by atoms with van der Waals surface area (Å²) in [4.78, 5) is 37.0. The van der Waals surface area contributed by atoms with Crippen molar-refractivity contribution in [2.75, 3.05) is 18.1 Å². The molecule has 0 saturated carbocycles. The van der Waals surface area contributed by atoms with E-state index in [1.807, 2.05) is 30.3 Å². The molecular formula is C21H22N2O6. The number of carbonyl (C=O) groups is 2. The third-order valence-electron chi connectivity index (χ3n) is 4.60. The molecule has 1 amide bonds. The smallest absolute Gasteiger partial charge is 0.326 e. The number of non-ortho nitro benzene ring substituents is 1. The number of esters is 1. The number of amides is 1. The van der Waals surface area contributed by atoms with Gasteiger partial charge in [0.25, 0.3) is 11.6 Å². The minimum atomic E-state index is -0.832. The van der Waals surface area contributed by atoms with E-state index in [9.17, 15) is 19.7 Å². The van der Waals surface area contributed by atoms with Gasteiger partial charge in [0.15, 0.2) is 11.9 Å². The van der Waals surface area contributed by atoms with Gasteiger partial charge in [0, 0.05) is 12.5 Å². The van der Waals surface area contributed by atoms with E-state index in [0.717, 1.165) is 5.56 Å². The summed E-state index contributed by atoms with van der Waals surface area (Å²) in [5.41, 5.74) is 1.21. The molecule has 0 aliphatic carbocycles. The van der Waals surface area contributed by atoms with Crippen LogP contribution >= 0.6 is 0 Å². The van der Waals surface area contributed by atoms with Gasteiger partial charge in [-0.3, -0.25) is 24.6 Å². The predicted molar refractivity (Wildman–Crippen MR) is 106 cm³/mol. The summed E-state index contributed by atoms with van der Waals surface area (Å²) in [5, 5.41) is 11.1. The molecular weight excluding hydrogens is 376 g/mol. The first kappa shape index (κ1) is 20.3. The van der Waals surface area contributed by atoms with Crippen LogP contribution in [0.25, 0.3) is 0 Å². The van der Waals surface area contributed by atoms with Gasteiger partial charge in [-0.2, -0.15) is 0 Å². The molecule has 0 N–H and O–H groups in total. The van der Waals surface area contributed by atoms with E-state index < -0.39 is 17.0 Å². The number of nitrogens with zero attached hydrogens (tertiary/aromatic N) is 2. The molecule has 8 nitrogen and oxygen atoms in total. The number of nitro groups is 1. The minimum Gasteiger partial charge on any atom is -0.478 e. The van der Waals surface area contributed by atoms with Crippen LogP contribution < -0.4 is 9.64 Å². The fourth-order valence-corrected chi connectivity index (χ4v) is 3.08. The van der Waals surface area contributed by atoms with Crippen LogP contribution in [0.1, 0.15) is 19.4 Å². The molecule has 0 fully saturated rings. The van der Waals surface area contributed by atoms with Crippen molar-refractivity contribution in [2.45, 2.75) is 26.4 Å². The fraction of sp³-hybridized carbons (Fsp3) is 0.333. The van der Waals surface area contributed by atoms with Gasteiger partial charge in [0.1, 0.15) is 6.54 Å². The predicted octanol–water partition coefficient (Wildman–Crippen LogP) is 3.13. The van der Waals surface area contributed by atoms with E-state index in [-0.39, 0.29) is 36.4 Å². The molecule has 8 heteroatoms. The third-order valence-corrected chi connectivity index (χ3v) is 4.60. The number of rotatable bonds is 7. The van der Waals surface area contributed by atoms with Gasteiger partial charge in [-0.1, -0.05) is 44.2 Å². The lowest BCUT2D eigenvalue weighted by atomic mass is 10.0. The molecule has 1 aliphatic heterocycles. The second-order valence-electron chi connectivity index (χ2n) is 7.07. The van der Waals surface area contributed by atoms with Crippen molar-refractivity contribution in [1.82, 2.24) is 0 Å². The summed E-state index contributed by atoms with van der Waals surface area (Å²) in [5.74, 6) is -0.898. The van der Waals surface area contributed by atoms with Crippen LogP contribution in [0.3, 0.4) is 0 Å². The van der Waals surface area contributed by atoms with Crippen LogP contribution in [0.15, 0.2) is 48.5 Å². The van der Waals surface area contributed by atoms with E-state index in [4.69, 9.17) is 9.47 Å². The molecule has 0 spiro atoms. The standard InChI is InChI=1S/C21H22N2O6/c1-14(2)20-21(25)22(17-9-8-16(23(26)27)12-18(17)29-20)13-19(24)28-11-10-15-6-4-3-5-7-15/h3-9,12,14,20H,10-11,13H2,1-2H3. The molecule has 0 radical (unpaired) electrons. The highest BCUT2D eigenvalue weighted by atomic mass is 16.6. The number of fused-ring (bicyclic) bond motifs is 1. The summed E-state index contributed by atoms with van der Waals surface area (Å²) in [6, 6.07) is 13.6. The molecule has 152 valence electrons. The third kappa shape index (κ3) is 4.71.